The molecule has 2 aromatic heterocycles. The van der Waals surface area contributed by atoms with Gasteiger partial charge in [0.1, 0.15) is 5.69 Å². The van der Waals surface area contributed by atoms with Crippen LogP contribution in [0.1, 0.15) is 38.3 Å². The number of rotatable bonds is 6. The van der Waals surface area contributed by atoms with Gasteiger partial charge in [0.05, 0.1) is 11.6 Å². The highest BCUT2D eigenvalue weighted by Crippen LogP contribution is 2.17. The first kappa shape index (κ1) is 16.2. The van der Waals surface area contributed by atoms with E-state index in [1.54, 1.807) is 22.8 Å². The van der Waals surface area contributed by atoms with E-state index in [2.05, 4.69) is 6.92 Å². The standard InChI is InChI=1S/C20H22N2O2/c1-2-3-4-5-11-17-15-16-10-6-7-12-18(16)20(23)22(17)19-13-8-9-14-21(19)24/h6-10,12-15H,2-5,11H2,1H3. The summed E-state index contributed by atoms with van der Waals surface area (Å²) < 4.78 is 2.33. The van der Waals surface area contributed by atoms with Crippen molar-refractivity contribution < 1.29 is 4.73 Å². The minimum atomic E-state index is -0.130. The fourth-order valence-corrected chi connectivity index (χ4v) is 3.07. The first-order chi connectivity index (χ1) is 11.7. The van der Waals surface area contributed by atoms with Crippen molar-refractivity contribution in [3.63, 3.8) is 0 Å². The monoisotopic (exact) mass is 322 g/mol. The summed E-state index contributed by atoms with van der Waals surface area (Å²) in [5.41, 5.74) is 0.764. The molecule has 1 aromatic carbocycles. The van der Waals surface area contributed by atoms with Crippen molar-refractivity contribution >= 4 is 10.8 Å². The third-order valence-corrected chi connectivity index (χ3v) is 4.32. The minimum absolute atomic E-state index is 0.130. The SMILES string of the molecule is CCCCCCc1cc2ccccc2c(=O)n1-c1cccc[n+]1[O-]. The molecule has 0 aliphatic carbocycles. The van der Waals surface area contributed by atoms with E-state index in [0.717, 1.165) is 35.1 Å². The Morgan fingerprint density at radius 1 is 1.04 bits per heavy atom. The molecule has 2 heterocycles. The molecule has 0 unspecified atom stereocenters. The van der Waals surface area contributed by atoms with Crippen LogP contribution in [-0.4, -0.2) is 4.57 Å². The molecule has 0 aliphatic rings. The van der Waals surface area contributed by atoms with E-state index < -0.39 is 0 Å². The third-order valence-electron chi connectivity index (χ3n) is 4.32. The molecule has 0 aliphatic heterocycles. The number of pyridine rings is 2. The topological polar surface area (TPSA) is 48.9 Å². The smallest absolute Gasteiger partial charge is 0.346 e. The van der Waals surface area contributed by atoms with Gasteiger partial charge in [-0.25, -0.2) is 9.52 Å². The summed E-state index contributed by atoms with van der Waals surface area (Å²) in [7, 11) is 0. The van der Waals surface area contributed by atoms with Crippen LogP contribution in [0.25, 0.3) is 16.6 Å². The van der Waals surface area contributed by atoms with Crippen LogP contribution in [0.5, 0.6) is 0 Å². The lowest BCUT2D eigenvalue weighted by Crippen LogP contribution is -2.37. The number of hydrogen-bond donors (Lipinski definition) is 0. The van der Waals surface area contributed by atoms with Crippen molar-refractivity contribution in [2.24, 2.45) is 0 Å². The molecule has 3 aromatic rings. The average Bonchev–Trinajstić information content (AvgIpc) is 2.60. The number of hydrogen-bond acceptors (Lipinski definition) is 2. The van der Waals surface area contributed by atoms with Gasteiger partial charge in [0.2, 0.25) is 0 Å². The number of aryl methyl sites for hydroxylation is 1. The fraction of sp³-hybridized carbons (Fsp3) is 0.300. The summed E-state index contributed by atoms with van der Waals surface area (Å²) in [6.45, 7) is 2.18. The van der Waals surface area contributed by atoms with Crippen LogP contribution in [0.4, 0.5) is 0 Å². The molecule has 0 fully saturated rings. The average molecular weight is 322 g/mol. The van der Waals surface area contributed by atoms with Crippen LogP contribution in [0.3, 0.4) is 0 Å². The highest BCUT2D eigenvalue weighted by Gasteiger charge is 2.18. The summed E-state index contributed by atoms with van der Waals surface area (Å²) in [6, 6.07) is 14.7. The van der Waals surface area contributed by atoms with Crippen molar-refractivity contribution in [1.29, 1.82) is 0 Å². The maximum Gasteiger partial charge on any atom is 0.346 e. The van der Waals surface area contributed by atoms with Crippen LogP contribution in [-0.2, 0) is 6.42 Å². The number of aromatic nitrogens is 2. The molecule has 3 rings (SSSR count). The zero-order valence-corrected chi connectivity index (χ0v) is 13.9. The Hall–Kier alpha value is -2.62. The molecule has 0 spiro atoms. The molecule has 0 radical (unpaired) electrons. The zero-order valence-electron chi connectivity index (χ0n) is 13.9. The molecule has 0 saturated carbocycles. The van der Waals surface area contributed by atoms with Crippen LogP contribution in [0.15, 0.2) is 59.5 Å². The highest BCUT2D eigenvalue weighted by molar-refractivity contribution is 5.82. The largest absolute Gasteiger partial charge is 0.711 e. The number of benzene rings is 1. The van der Waals surface area contributed by atoms with Gasteiger partial charge >= 0.3 is 5.56 Å². The van der Waals surface area contributed by atoms with Gasteiger partial charge in [0.25, 0.3) is 5.82 Å². The summed E-state index contributed by atoms with van der Waals surface area (Å²) in [4.78, 5) is 13.0. The number of fused-ring (bicyclic) bond motifs is 1. The van der Waals surface area contributed by atoms with Gasteiger partial charge in [-0.3, -0.25) is 0 Å². The lowest BCUT2D eigenvalue weighted by molar-refractivity contribution is -0.599. The first-order valence-electron chi connectivity index (χ1n) is 8.54. The van der Waals surface area contributed by atoms with Gasteiger partial charge < -0.3 is 5.21 Å². The second kappa shape index (κ2) is 7.30. The lowest BCUT2D eigenvalue weighted by atomic mass is 10.1. The maximum absolute atomic E-state index is 13.0. The minimum Gasteiger partial charge on any atom is -0.711 e. The molecule has 0 atom stereocenters. The first-order valence-corrected chi connectivity index (χ1v) is 8.54. The summed E-state index contributed by atoms with van der Waals surface area (Å²) in [5, 5.41) is 13.8. The van der Waals surface area contributed by atoms with Gasteiger partial charge in [0, 0.05) is 12.5 Å². The van der Waals surface area contributed by atoms with Crippen molar-refractivity contribution in [2.75, 3.05) is 0 Å². The van der Waals surface area contributed by atoms with Gasteiger partial charge in [-0.15, -0.1) is 0 Å². The molecule has 0 saturated heterocycles. The summed E-state index contributed by atoms with van der Waals surface area (Å²) >= 11 is 0. The van der Waals surface area contributed by atoms with Gasteiger partial charge in [-0.2, -0.15) is 4.57 Å². The van der Waals surface area contributed by atoms with Crippen molar-refractivity contribution in [3.8, 4) is 5.82 Å². The predicted molar refractivity (Wildman–Crippen MR) is 96.4 cm³/mol. The van der Waals surface area contributed by atoms with E-state index in [4.69, 9.17) is 0 Å². The normalized spacial score (nSPS) is 11.0. The molecule has 4 heteroatoms. The molecule has 4 nitrogen and oxygen atoms in total. The van der Waals surface area contributed by atoms with Crippen molar-refractivity contribution in [1.82, 2.24) is 4.57 Å². The molecular formula is C20H22N2O2. The Morgan fingerprint density at radius 2 is 1.83 bits per heavy atom. The Morgan fingerprint density at radius 3 is 2.62 bits per heavy atom. The quantitative estimate of drug-likeness (QED) is 0.394. The Bertz CT molecular complexity index is 900. The number of nitrogens with zero attached hydrogens (tertiary/aromatic N) is 2. The molecular weight excluding hydrogens is 300 g/mol. The Labute approximate surface area is 141 Å². The van der Waals surface area contributed by atoms with Crippen LogP contribution in [0.2, 0.25) is 0 Å². The second-order valence-electron chi connectivity index (χ2n) is 6.06. The molecule has 24 heavy (non-hydrogen) atoms. The molecule has 0 N–H and O–H groups in total. The van der Waals surface area contributed by atoms with Gasteiger partial charge in [0.15, 0.2) is 0 Å². The van der Waals surface area contributed by atoms with Gasteiger partial charge in [-0.1, -0.05) is 50.5 Å². The zero-order chi connectivity index (χ0) is 16.9. The molecule has 124 valence electrons. The van der Waals surface area contributed by atoms with E-state index in [1.165, 1.54) is 19.0 Å². The van der Waals surface area contributed by atoms with Crippen molar-refractivity contribution in [2.45, 2.75) is 39.0 Å². The van der Waals surface area contributed by atoms with Crippen LogP contribution in [0, 0.1) is 5.21 Å². The third kappa shape index (κ3) is 3.18. The molecule has 0 bridgehead atoms. The van der Waals surface area contributed by atoms with Crippen LogP contribution < -0.4 is 10.3 Å². The molecule has 0 amide bonds. The summed E-state index contributed by atoms with van der Waals surface area (Å²) in [5.74, 6) is 0.360. The lowest BCUT2D eigenvalue weighted by Gasteiger charge is -2.12. The van der Waals surface area contributed by atoms with E-state index >= 15 is 0 Å². The summed E-state index contributed by atoms with van der Waals surface area (Å²) in [6.07, 6.45) is 6.71. The Kier molecular flexibility index (Phi) is 4.94. The highest BCUT2D eigenvalue weighted by atomic mass is 16.5. The van der Waals surface area contributed by atoms with E-state index in [1.807, 2.05) is 30.3 Å². The van der Waals surface area contributed by atoms with Crippen LogP contribution >= 0.6 is 0 Å². The van der Waals surface area contributed by atoms with E-state index in [0.29, 0.717) is 11.2 Å². The van der Waals surface area contributed by atoms with E-state index in [9.17, 15) is 10.0 Å². The second-order valence-corrected chi connectivity index (χ2v) is 6.06. The fourth-order valence-electron chi connectivity index (χ4n) is 3.07. The van der Waals surface area contributed by atoms with Crippen molar-refractivity contribution in [3.05, 3.63) is 76.0 Å². The van der Waals surface area contributed by atoms with E-state index in [-0.39, 0.29) is 5.56 Å². The van der Waals surface area contributed by atoms with Gasteiger partial charge in [-0.05, 0) is 30.0 Å². The maximum atomic E-state index is 13.0. The Balaban J connectivity index is 2.15. The predicted octanol–water partition coefficient (Wildman–Crippen LogP) is 3.75. The number of unbranched alkanes of at least 4 members (excludes halogenated alkanes) is 3.